The summed E-state index contributed by atoms with van der Waals surface area (Å²) in [4.78, 5) is 115. The molecular formula is C72H55F9N2O9. The molecule has 0 radical (unpaired) electrons. The Balaban J connectivity index is 0.000000270. The topological polar surface area (TPSA) is 160 Å². The predicted octanol–water partition coefficient (Wildman–Crippen LogP) is 16.3. The van der Waals surface area contributed by atoms with E-state index >= 15 is 13.2 Å². The van der Waals surface area contributed by atoms with Crippen LogP contribution in [0, 0.1) is 13.8 Å². The number of aryl methyl sites for hydroxylation is 3. The molecule has 2 aliphatic rings. The maximum absolute atomic E-state index is 15.1. The summed E-state index contributed by atoms with van der Waals surface area (Å²) >= 11 is 0. The maximum Gasteiger partial charge on any atom is 0.417 e. The van der Waals surface area contributed by atoms with Gasteiger partial charge in [-0.3, -0.25) is 48.1 Å². The lowest BCUT2D eigenvalue weighted by atomic mass is 9.74. The highest BCUT2D eigenvalue weighted by Crippen LogP contribution is 2.49. The summed E-state index contributed by atoms with van der Waals surface area (Å²) in [5.41, 5.74) is -2.89. The van der Waals surface area contributed by atoms with Crippen molar-refractivity contribution in [2.45, 2.75) is 91.7 Å². The number of halogens is 9. The van der Waals surface area contributed by atoms with Gasteiger partial charge in [-0.25, -0.2) is 4.90 Å². The summed E-state index contributed by atoms with van der Waals surface area (Å²) in [5.74, 6) is -5.17. The normalized spacial score (nSPS) is 13.8. The van der Waals surface area contributed by atoms with Gasteiger partial charge in [0.2, 0.25) is 0 Å². The minimum Gasteiger partial charge on any atom is -0.295 e. The van der Waals surface area contributed by atoms with Crippen molar-refractivity contribution < 1.29 is 82.7 Å². The van der Waals surface area contributed by atoms with Gasteiger partial charge in [-0.05, 0) is 176 Å². The lowest BCUT2D eigenvalue weighted by molar-refractivity contribution is -0.173. The van der Waals surface area contributed by atoms with Gasteiger partial charge in [0.15, 0.2) is 28.9 Å². The first-order valence-electron chi connectivity index (χ1n) is 28.6. The fraction of sp³-hybridized carbons (Fsp3) is 0.208. The second-order valence-corrected chi connectivity index (χ2v) is 22.8. The smallest absolute Gasteiger partial charge is 0.295 e. The number of hydrogen-bond donors (Lipinski definition) is 0. The first-order chi connectivity index (χ1) is 43.0. The lowest BCUT2D eigenvalue weighted by Crippen LogP contribution is -2.41. The Bertz CT molecular complexity index is 4450. The Morgan fingerprint density at radius 3 is 1.27 bits per heavy atom. The second kappa shape index (κ2) is 24.9. The average Bonchev–Trinajstić information content (AvgIpc) is 1.44. The molecule has 0 fully saturated rings. The zero-order valence-electron chi connectivity index (χ0n) is 50.5. The van der Waals surface area contributed by atoms with Crippen LogP contribution in [0.5, 0.6) is 0 Å². The Morgan fingerprint density at radius 1 is 0.402 bits per heavy atom. The number of anilines is 1. The number of carbonyl (C=O) groups is 9. The fourth-order valence-electron chi connectivity index (χ4n) is 11.3. The van der Waals surface area contributed by atoms with Crippen LogP contribution in [0.1, 0.15) is 178 Å². The van der Waals surface area contributed by atoms with E-state index in [0.717, 1.165) is 60.4 Å². The van der Waals surface area contributed by atoms with Crippen LogP contribution in [0.15, 0.2) is 152 Å². The van der Waals surface area contributed by atoms with Gasteiger partial charge in [0.25, 0.3) is 23.6 Å². The molecule has 0 aliphatic carbocycles. The summed E-state index contributed by atoms with van der Waals surface area (Å²) in [6, 6.07) is 33.2. The van der Waals surface area contributed by atoms with E-state index in [4.69, 9.17) is 0 Å². The van der Waals surface area contributed by atoms with Crippen LogP contribution in [0.3, 0.4) is 0 Å². The first-order valence-corrected chi connectivity index (χ1v) is 28.6. The van der Waals surface area contributed by atoms with E-state index in [1.54, 1.807) is 55.5 Å². The minimum absolute atomic E-state index is 0.0883. The van der Waals surface area contributed by atoms with Gasteiger partial charge in [0, 0.05) is 47.7 Å². The highest BCUT2D eigenvalue weighted by Gasteiger charge is 2.55. The number of fused-ring (bicyclic) bond motifs is 2. The molecule has 2 aliphatic heterocycles. The highest BCUT2D eigenvalue weighted by molar-refractivity contribution is 6.34. The van der Waals surface area contributed by atoms with Crippen molar-refractivity contribution in [3.63, 3.8) is 0 Å². The van der Waals surface area contributed by atoms with Gasteiger partial charge in [0.1, 0.15) is 5.41 Å². The molecule has 0 spiro atoms. The number of carbonyl (C=O) groups excluding carboxylic acids is 9. The number of ketones is 5. The van der Waals surface area contributed by atoms with Crippen molar-refractivity contribution in [1.29, 1.82) is 0 Å². The van der Waals surface area contributed by atoms with Crippen LogP contribution in [-0.4, -0.2) is 70.7 Å². The molecule has 20 heteroatoms. The van der Waals surface area contributed by atoms with Crippen molar-refractivity contribution in [3.8, 4) is 22.3 Å². The fourth-order valence-corrected chi connectivity index (χ4v) is 11.3. The summed E-state index contributed by atoms with van der Waals surface area (Å²) in [5, 5.41) is 0. The highest BCUT2D eigenvalue weighted by atomic mass is 19.4. The minimum atomic E-state index is -5.05. The van der Waals surface area contributed by atoms with Gasteiger partial charge in [-0.1, -0.05) is 91.9 Å². The molecule has 0 bridgehead atoms. The van der Waals surface area contributed by atoms with E-state index in [-0.39, 0.29) is 86.0 Å². The van der Waals surface area contributed by atoms with E-state index in [0.29, 0.717) is 61.9 Å². The molecule has 8 aromatic rings. The molecule has 10 rings (SSSR count). The number of Topliss-reactive ketones (excluding diaryl/α,β-unsaturated/α-hetero) is 5. The van der Waals surface area contributed by atoms with Gasteiger partial charge < -0.3 is 0 Å². The molecule has 0 saturated carbocycles. The quantitative estimate of drug-likeness (QED) is 0.0553. The van der Waals surface area contributed by atoms with Crippen LogP contribution in [0.4, 0.5) is 45.2 Å². The number of benzene rings is 8. The van der Waals surface area contributed by atoms with Crippen LogP contribution in [0.2, 0.25) is 0 Å². The number of imide groups is 2. The van der Waals surface area contributed by atoms with E-state index in [1.807, 2.05) is 6.92 Å². The Labute approximate surface area is 521 Å². The summed E-state index contributed by atoms with van der Waals surface area (Å²) in [6.45, 7) is 9.91. The van der Waals surface area contributed by atoms with Crippen molar-refractivity contribution in [2.75, 3.05) is 11.9 Å². The molecule has 470 valence electrons. The SMILES string of the molecule is CC(=O)c1cc(C(C)=O)cc(C(=O)Cc2ccc(-c3ccc(N4C(=O)c5ccc(C(C)(c6ccc7c(c6)C(=O)N(C)C7=O)C(F)(F)F)cc5C4=O)cc3C(F)(F)F)c(C)c2)c1.CCc1ccc(-c2ccc(CC(=O)c3cccc(C(C)=O)c3)cc2C)c(C(F)(F)F)c1. The van der Waals surface area contributed by atoms with Gasteiger partial charge in [0.05, 0.1) is 39.1 Å². The van der Waals surface area contributed by atoms with E-state index in [9.17, 15) is 69.5 Å². The van der Waals surface area contributed by atoms with E-state index < -0.39 is 86.9 Å². The van der Waals surface area contributed by atoms with Crippen molar-refractivity contribution in [2.24, 2.45) is 0 Å². The number of hydrogen-bond acceptors (Lipinski definition) is 9. The number of nitrogens with zero attached hydrogens (tertiary/aromatic N) is 2. The van der Waals surface area contributed by atoms with Crippen LogP contribution >= 0.6 is 0 Å². The maximum atomic E-state index is 15.1. The Morgan fingerprint density at radius 2 is 0.793 bits per heavy atom. The van der Waals surface area contributed by atoms with Crippen molar-refractivity contribution in [1.82, 2.24) is 4.90 Å². The monoisotopic (exact) mass is 1260 g/mol. The van der Waals surface area contributed by atoms with Crippen LogP contribution < -0.4 is 4.90 Å². The van der Waals surface area contributed by atoms with Gasteiger partial charge in [-0.2, -0.15) is 39.5 Å². The van der Waals surface area contributed by atoms with Crippen molar-refractivity contribution in [3.05, 3.63) is 252 Å². The number of alkyl halides is 9. The number of amides is 4. The molecule has 0 N–H and O–H groups in total. The summed E-state index contributed by atoms with van der Waals surface area (Å²) in [7, 11) is 1.19. The summed E-state index contributed by atoms with van der Waals surface area (Å²) in [6.07, 6.45) is -14.1. The van der Waals surface area contributed by atoms with E-state index in [1.165, 1.54) is 83.3 Å². The molecule has 1 unspecified atom stereocenters. The molecule has 11 nitrogen and oxygen atoms in total. The van der Waals surface area contributed by atoms with Gasteiger partial charge in [-0.15, -0.1) is 0 Å². The third-order valence-corrected chi connectivity index (χ3v) is 16.6. The zero-order chi connectivity index (χ0) is 67.4. The van der Waals surface area contributed by atoms with Gasteiger partial charge >= 0.3 is 18.5 Å². The second-order valence-electron chi connectivity index (χ2n) is 22.8. The molecule has 0 aromatic heterocycles. The molecule has 8 aromatic carbocycles. The molecule has 0 saturated heterocycles. The molecule has 4 amide bonds. The molecule has 2 heterocycles. The zero-order valence-corrected chi connectivity index (χ0v) is 50.5. The third kappa shape index (κ3) is 12.8. The largest absolute Gasteiger partial charge is 0.417 e. The number of rotatable bonds is 15. The predicted molar refractivity (Wildman–Crippen MR) is 325 cm³/mol. The first kappa shape index (κ1) is 66.2. The molecule has 92 heavy (non-hydrogen) atoms. The standard InChI is InChI=1S/C46H32F6N2O7.C26H23F3O2/c1-22-14-25(15-39(57)28-17-26(23(2)55)16-27(18-28)24(3)56)6-10-32(22)33-13-9-31(21-38(33)45(47,48)49)54-42(60)35-12-8-30(20-37(35)43(54)61)44(4,46(50,51)52)29-7-11-34-36(19-29)41(59)53(5)40(34)58;1-4-18-8-11-23(24(13-18)26(27,28)29)22-10-9-19(12-16(22)2)14-25(31)21-7-5-6-20(15-21)17(3)30/h6-14,16-21H,15H2,1-5H3;5-13,15H,4,14H2,1-3H3. The average molecular weight is 1260 g/mol. The summed E-state index contributed by atoms with van der Waals surface area (Å²) < 4.78 is 130. The van der Waals surface area contributed by atoms with Crippen LogP contribution in [0.25, 0.3) is 22.3 Å². The van der Waals surface area contributed by atoms with Crippen LogP contribution in [-0.2, 0) is 37.0 Å². The lowest BCUT2D eigenvalue weighted by Gasteiger charge is -2.33. The Hall–Kier alpha value is -10.2. The Kier molecular flexibility index (Phi) is 17.9. The van der Waals surface area contributed by atoms with E-state index in [2.05, 4.69) is 0 Å². The molecular weight excluding hydrogens is 1210 g/mol. The van der Waals surface area contributed by atoms with Crippen molar-refractivity contribution >= 4 is 58.2 Å². The third-order valence-electron chi connectivity index (χ3n) is 16.6. The molecule has 1 atom stereocenters.